The van der Waals surface area contributed by atoms with Crippen LogP contribution in [-0.4, -0.2) is 26.3 Å². The molecule has 3 unspecified atom stereocenters. The summed E-state index contributed by atoms with van der Waals surface area (Å²) in [5.41, 5.74) is -0.433. The first kappa shape index (κ1) is 19.8. The Hall–Kier alpha value is -2.84. The molecule has 3 aromatic rings. The Balaban J connectivity index is 1.31. The second kappa shape index (κ2) is 7.35. The first-order chi connectivity index (χ1) is 15.5. The summed E-state index contributed by atoms with van der Waals surface area (Å²) in [6, 6.07) is 10.2. The molecule has 2 saturated carbocycles. The number of hydrogen-bond donors (Lipinski definition) is 1. The van der Waals surface area contributed by atoms with Crippen LogP contribution in [-0.2, 0) is 4.79 Å². The number of nitrogens with zero attached hydrogens (tertiary/aromatic N) is 1. The summed E-state index contributed by atoms with van der Waals surface area (Å²) < 4.78 is 11.7. The maximum Gasteiger partial charge on any atom is 0.351 e. The van der Waals surface area contributed by atoms with E-state index in [9.17, 15) is 14.7 Å². The average Bonchev–Trinajstić information content (AvgIpc) is 3.55. The van der Waals surface area contributed by atoms with Gasteiger partial charge in [0.25, 0.3) is 5.91 Å². The predicted molar refractivity (Wildman–Crippen MR) is 126 cm³/mol. The summed E-state index contributed by atoms with van der Waals surface area (Å²) >= 11 is 6.82. The molecule has 1 aliphatic heterocycles. The van der Waals surface area contributed by atoms with Gasteiger partial charge < -0.3 is 13.9 Å². The predicted octanol–water partition coefficient (Wildman–Crippen LogP) is 5.15. The molecule has 0 spiro atoms. The van der Waals surface area contributed by atoms with Crippen LogP contribution in [0.2, 0.25) is 0 Å². The van der Waals surface area contributed by atoms with Crippen LogP contribution in [0.15, 0.2) is 54.9 Å². The average molecular weight is 466 g/mol. The number of carbonyl (C=O) groups is 1. The highest BCUT2D eigenvalue weighted by Crippen LogP contribution is 2.49. The summed E-state index contributed by atoms with van der Waals surface area (Å²) in [7, 11) is 0. The number of carbonyl (C=O) groups excluding carboxylic acids is 1. The van der Waals surface area contributed by atoms with Gasteiger partial charge in [-0.3, -0.25) is 9.69 Å². The van der Waals surface area contributed by atoms with Gasteiger partial charge in [-0.1, -0.05) is 42.5 Å². The fraction of sp³-hybridized carbons (Fsp3) is 0.292. The highest BCUT2D eigenvalue weighted by molar-refractivity contribution is 8.26. The number of rotatable bonds is 3. The zero-order valence-electron chi connectivity index (χ0n) is 16.9. The van der Waals surface area contributed by atoms with Crippen LogP contribution in [0.1, 0.15) is 31.4 Å². The van der Waals surface area contributed by atoms with E-state index in [0.717, 1.165) is 6.42 Å². The van der Waals surface area contributed by atoms with Crippen molar-refractivity contribution in [2.45, 2.75) is 31.7 Å². The maximum absolute atomic E-state index is 13.1. The summed E-state index contributed by atoms with van der Waals surface area (Å²) in [4.78, 5) is 27.9. The first-order valence-corrected chi connectivity index (χ1v) is 11.8. The largest absolute Gasteiger partial charge is 0.506 e. The van der Waals surface area contributed by atoms with Crippen LogP contribution in [0.5, 0.6) is 5.75 Å². The third-order valence-corrected chi connectivity index (χ3v) is 8.12. The highest BCUT2D eigenvalue weighted by Gasteiger charge is 2.48. The van der Waals surface area contributed by atoms with Gasteiger partial charge in [0.2, 0.25) is 0 Å². The molecule has 8 heteroatoms. The molecule has 0 radical (unpaired) electrons. The van der Waals surface area contributed by atoms with E-state index in [1.807, 2.05) is 0 Å². The number of thiocarbonyl (C=S) groups is 1. The van der Waals surface area contributed by atoms with E-state index >= 15 is 0 Å². The van der Waals surface area contributed by atoms with Crippen molar-refractivity contribution in [1.82, 2.24) is 4.90 Å². The standard InChI is InChI=1S/C24H19NO5S2/c26-21-15-3-1-2-4-17(15)30-23(28)20(21)18-8-7-14(29-18)11-19-22(27)25(24(31)32-19)16-10-12-5-6-13(16)9-12/h1-4,7-8,11-13,16,26H,5-6,9-10H2. The van der Waals surface area contributed by atoms with Gasteiger partial charge in [-0.2, -0.15) is 0 Å². The number of para-hydroxylation sites is 1. The van der Waals surface area contributed by atoms with Crippen molar-refractivity contribution in [2.75, 3.05) is 0 Å². The van der Waals surface area contributed by atoms with Crippen molar-refractivity contribution in [2.24, 2.45) is 11.8 Å². The van der Waals surface area contributed by atoms with Crippen molar-refractivity contribution in [3.05, 3.63) is 57.5 Å². The van der Waals surface area contributed by atoms with E-state index in [1.54, 1.807) is 47.4 Å². The van der Waals surface area contributed by atoms with E-state index in [0.29, 0.717) is 37.8 Å². The number of benzene rings is 1. The molecule has 3 fully saturated rings. The molecule has 2 aliphatic carbocycles. The molecule has 3 atom stereocenters. The summed E-state index contributed by atoms with van der Waals surface area (Å²) in [5, 5.41) is 11.1. The molecular formula is C24H19NO5S2. The van der Waals surface area contributed by atoms with E-state index < -0.39 is 5.63 Å². The minimum absolute atomic E-state index is 0.0436. The molecule has 6 rings (SSSR count). The molecular weight excluding hydrogens is 446 g/mol. The summed E-state index contributed by atoms with van der Waals surface area (Å²) in [6.45, 7) is 0. The normalized spacial score (nSPS) is 26.2. The molecule has 32 heavy (non-hydrogen) atoms. The number of fused-ring (bicyclic) bond motifs is 3. The van der Waals surface area contributed by atoms with Gasteiger partial charge in [0, 0.05) is 12.1 Å². The molecule has 2 bridgehead atoms. The Kier molecular flexibility index (Phi) is 4.55. The Bertz CT molecular complexity index is 1370. The molecule has 162 valence electrons. The lowest BCUT2D eigenvalue weighted by Gasteiger charge is -2.30. The second-order valence-corrected chi connectivity index (χ2v) is 10.3. The number of amides is 1. The monoisotopic (exact) mass is 465 g/mol. The second-order valence-electron chi connectivity index (χ2n) is 8.61. The molecule has 1 N–H and O–H groups in total. The van der Waals surface area contributed by atoms with Crippen molar-refractivity contribution < 1.29 is 18.7 Å². The van der Waals surface area contributed by atoms with Crippen molar-refractivity contribution in [1.29, 1.82) is 0 Å². The lowest BCUT2D eigenvalue weighted by Crippen LogP contribution is -2.41. The first-order valence-electron chi connectivity index (χ1n) is 10.6. The fourth-order valence-electron chi connectivity index (χ4n) is 5.34. The van der Waals surface area contributed by atoms with Gasteiger partial charge in [0.1, 0.15) is 32.7 Å². The number of thioether (sulfide) groups is 1. The summed E-state index contributed by atoms with van der Waals surface area (Å²) in [6.07, 6.45) is 6.31. The molecule has 3 heterocycles. The van der Waals surface area contributed by atoms with Crippen LogP contribution in [0.4, 0.5) is 0 Å². The minimum Gasteiger partial charge on any atom is -0.506 e. The zero-order chi connectivity index (χ0) is 22.0. The number of hydrogen-bond acceptors (Lipinski definition) is 7. The van der Waals surface area contributed by atoms with Crippen molar-refractivity contribution >= 4 is 51.3 Å². The van der Waals surface area contributed by atoms with Crippen molar-refractivity contribution in [3.63, 3.8) is 0 Å². The van der Waals surface area contributed by atoms with Gasteiger partial charge >= 0.3 is 5.63 Å². The zero-order valence-corrected chi connectivity index (χ0v) is 18.6. The molecule has 6 nitrogen and oxygen atoms in total. The van der Waals surface area contributed by atoms with Crippen LogP contribution >= 0.6 is 24.0 Å². The number of furan rings is 1. The Morgan fingerprint density at radius 3 is 2.72 bits per heavy atom. The Morgan fingerprint density at radius 2 is 1.94 bits per heavy atom. The van der Waals surface area contributed by atoms with Gasteiger partial charge in [0.05, 0.1) is 10.3 Å². The minimum atomic E-state index is -0.690. The number of aromatic hydroxyl groups is 1. The third-order valence-electron chi connectivity index (χ3n) is 6.79. The molecule has 1 amide bonds. The van der Waals surface area contributed by atoms with Gasteiger partial charge in [-0.25, -0.2) is 4.79 Å². The van der Waals surface area contributed by atoms with Crippen LogP contribution in [0.25, 0.3) is 28.4 Å². The van der Waals surface area contributed by atoms with E-state index in [2.05, 4.69) is 0 Å². The SMILES string of the molecule is O=C1C(=Cc2ccc(-c3c(O)c4ccccc4oc3=O)o2)SC(=S)N1C1CC2CCC1C2. The van der Waals surface area contributed by atoms with Gasteiger partial charge in [0.15, 0.2) is 0 Å². The topological polar surface area (TPSA) is 83.9 Å². The Morgan fingerprint density at radius 1 is 1.09 bits per heavy atom. The lowest BCUT2D eigenvalue weighted by molar-refractivity contribution is -0.124. The van der Waals surface area contributed by atoms with Crippen molar-refractivity contribution in [3.8, 4) is 17.1 Å². The Labute approximate surface area is 192 Å². The lowest BCUT2D eigenvalue weighted by atomic mass is 9.94. The fourth-order valence-corrected chi connectivity index (χ4v) is 6.69. The van der Waals surface area contributed by atoms with E-state index in [-0.39, 0.29) is 29.0 Å². The van der Waals surface area contributed by atoms with Crippen LogP contribution in [0.3, 0.4) is 0 Å². The molecule has 2 aromatic heterocycles. The van der Waals surface area contributed by atoms with Gasteiger partial charge in [-0.15, -0.1) is 0 Å². The van der Waals surface area contributed by atoms with E-state index in [4.69, 9.17) is 21.1 Å². The molecule has 1 saturated heterocycles. The quantitative estimate of drug-likeness (QED) is 0.325. The highest BCUT2D eigenvalue weighted by atomic mass is 32.2. The van der Waals surface area contributed by atoms with E-state index in [1.165, 1.54) is 31.0 Å². The molecule has 3 aliphatic rings. The molecule has 1 aromatic carbocycles. The summed E-state index contributed by atoms with van der Waals surface area (Å²) in [5.74, 6) is 1.57. The van der Waals surface area contributed by atoms with Gasteiger partial charge in [-0.05, 0) is 55.4 Å². The maximum atomic E-state index is 13.1. The van der Waals surface area contributed by atoms with Crippen LogP contribution < -0.4 is 5.63 Å². The van der Waals surface area contributed by atoms with Crippen LogP contribution in [0, 0.1) is 11.8 Å². The third kappa shape index (κ3) is 3.04. The smallest absolute Gasteiger partial charge is 0.351 e.